The van der Waals surface area contributed by atoms with Crippen LogP contribution in [0.4, 0.5) is 0 Å². The van der Waals surface area contributed by atoms with E-state index in [1.54, 1.807) is 18.3 Å². The van der Waals surface area contributed by atoms with E-state index in [1.165, 1.54) is 4.31 Å². The molecule has 0 amide bonds. The molecule has 0 saturated heterocycles. The van der Waals surface area contributed by atoms with E-state index < -0.39 is 10.4 Å². The highest BCUT2D eigenvalue weighted by Crippen LogP contribution is 2.34. The third-order valence-electron chi connectivity index (χ3n) is 3.85. The number of rotatable bonds is 4. The third-order valence-corrected chi connectivity index (χ3v) is 5.68. The largest absolute Gasteiger partial charge is 0.593 e. The molecule has 6 heteroatoms. The van der Waals surface area contributed by atoms with Crippen LogP contribution >= 0.6 is 0 Å². The normalized spacial score (nSPS) is 24.5. The third kappa shape index (κ3) is 3.44. The van der Waals surface area contributed by atoms with Crippen molar-refractivity contribution in [2.24, 2.45) is 0 Å². The molecule has 1 aromatic heterocycles. The highest BCUT2D eigenvalue weighted by Gasteiger charge is 2.39. The quantitative estimate of drug-likeness (QED) is 0.807. The molecule has 5 nitrogen and oxygen atoms in total. The van der Waals surface area contributed by atoms with Crippen molar-refractivity contribution in [2.75, 3.05) is 6.54 Å². The highest BCUT2D eigenvalue weighted by molar-refractivity contribution is 7.95. The second kappa shape index (κ2) is 6.78. The average molecular weight is 332 g/mol. The van der Waals surface area contributed by atoms with Crippen molar-refractivity contribution < 1.29 is 13.5 Å². The average Bonchev–Trinajstić information content (AvgIpc) is 2.65. The Balaban J connectivity index is 1.98. The number of hydrogen-bond acceptors (Lipinski definition) is 4. The molecule has 0 aliphatic carbocycles. The van der Waals surface area contributed by atoms with Crippen LogP contribution < -0.4 is 4.74 Å². The van der Waals surface area contributed by atoms with Gasteiger partial charge in [0, 0.05) is 12.3 Å². The van der Waals surface area contributed by atoms with Gasteiger partial charge in [-0.3, -0.25) is 0 Å². The maximum absolute atomic E-state index is 13.0. The van der Waals surface area contributed by atoms with E-state index in [0.29, 0.717) is 13.1 Å². The molecule has 2 unspecified atom stereocenters. The van der Waals surface area contributed by atoms with Crippen molar-refractivity contribution in [3.63, 3.8) is 0 Å². The van der Waals surface area contributed by atoms with E-state index in [9.17, 15) is 8.76 Å². The first-order chi connectivity index (χ1) is 11.1. The molecular formula is C17H20N2O3S. The van der Waals surface area contributed by atoms with E-state index in [-0.39, 0.29) is 16.9 Å². The number of hydrogen-bond donors (Lipinski definition) is 0. The molecule has 0 spiro atoms. The predicted molar refractivity (Wildman–Crippen MR) is 87.5 cm³/mol. The molecule has 0 N–H and O–H groups in total. The van der Waals surface area contributed by atoms with Gasteiger partial charge in [-0.15, -0.1) is 4.31 Å². The van der Waals surface area contributed by atoms with Crippen LogP contribution in [-0.4, -0.2) is 26.5 Å². The Morgan fingerprint density at radius 2 is 2.09 bits per heavy atom. The minimum absolute atomic E-state index is 0.148. The maximum atomic E-state index is 13.0. The van der Waals surface area contributed by atoms with E-state index in [1.807, 2.05) is 30.3 Å². The van der Waals surface area contributed by atoms with Crippen LogP contribution in [0.5, 0.6) is 5.88 Å². The zero-order chi connectivity index (χ0) is 16.3. The fourth-order valence-corrected chi connectivity index (χ4v) is 4.26. The predicted octanol–water partition coefficient (Wildman–Crippen LogP) is 3.05. The van der Waals surface area contributed by atoms with Gasteiger partial charge >= 0.3 is 0 Å². The lowest BCUT2D eigenvalue weighted by Gasteiger charge is -2.26. The van der Waals surface area contributed by atoms with Crippen molar-refractivity contribution >= 4 is 10.4 Å². The second-order valence-corrected chi connectivity index (χ2v) is 7.52. The van der Waals surface area contributed by atoms with Gasteiger partial charge in [0.05, 0.1) is 13.1 Å². The van der Waals surface area contributed by atoms with Gasteiger partial charge in [0.1, 0.15) is 6.10 Å². The molecule has 23 heavy (non-hydrogen) atoms. The molecule has 1 aliphatic heterocycles. The van der Waals surface area contributed by atoms with Crippen molar-refractivity contribution in [1.29, 1.82) is 0 Å². The number of pyridine rings is 1. The Bertz CT molecular complexity index is 708. The summed E-state index contributed by atoms with van der Waals surface area (Å²) in [4.78, 5) is 4.27. The van der Waals surface area contributed by atoms with E-state index in [2.05, 4.69) is 11.9 Å². The molecule has 3 rings (SSSR count). The molecule has 2 atom stereocenters. The van der Waals surface area contributed by atoms with E-state index in [4.69, 9.17) is 4.74 Å². The Morgan fingerprint density at radius 3 is 2.83 bits per heavy atom. The van der Waals surface area contributed by atoms with Crippen LogP contribution in [0.3, 0.4) is 0 Å². The molecule has 2 aromatic rings. The zero-order valence-electron chi connectivity index (χ0n) is 13.1. The van der Waals surface area contributed by atoms with E-state index in [0.717, 1.165) is 18.4 Å². The van der Waals surface area contributed by atoms with Crippen molar-refractivity contribution in [1.82, 2.24) is 9.29 Å². The van der Waals surface area contributed by atoms with Gasteiger partial charge in [-0.25, -0.2) is 4.98 Å². The summed E-state index contributed by atoms with van der Waals surface area (Å²) >= 11 is 0. The second-order valence-electron chi connectivity index (χ2n) is 5.62. The monoisotopic (exact) mass is 332 g/mol. The van der Waals surface area contributed by atoms with Gasteiger partial charge in [0.2, 0.25) is 4.90 Å². The lowest BCUT2D eigenvalue weighted by atomic mass is 10.2. The summed E-state index contributed by atoms with van der Waals surface area (Å²) in [6, 6.07) is 12.8. The number of aromatic nitrogens is 1. The minimum atomic E-state index is -3.62. The molecule has 122 valence electrons. The molecule has 1 aliphatic rings. The van der Waals surface area contributed by atoms with Crippen LogP contribution in [0.25, 0.3) is 0 Å². The first-order valence-electron chi connectivity index (χ1n) is 7.77. The molecule has 0 saturated carbocycles. The summed E-state index contributed by atoms with van der Waals surface area (Å²) in [5.74, 6) is 0.210. The minimum Gasteiger partial charge on any atom is -0.593 e. The SMILES string of the molecule is CCCC1CN(Cc2ccccc2)[S+](=O)([O-])c2cccnc2O1. The van der Waals surface area contributed by atoms with Crippen molar-refractivity contribution in [2.45, 2.75) is 37.3 Å². The van der Waals surface area contributed by atoms with Gasteiger partial charge in [0.25, 0.3) is 5.88 Å². The molecule has 0 radical (unpaired) electrons. The summed E-state index contributed by atoms with van der Waals surface area (Å²) in [7, 11) is -3.62. The lowest BCUT2D eigenvalue weighted by molar-refractivity contribution is 0.154. The molecule has 0 fully saturated rings. The fourth-order valence-electron chi connectivity index (χ4n) is 2.73. The topological polar surface area (TPSA) is 65.5 Å². The van der Waals surface area contributed by atoms with Crippen LogP contribution in [-0.2, 0) is 21.2 Å². The number of sulfonamides is 1. The van der Waals surface area contributed by atoms with Gasteiger partial charge in [0.15, 0.2) is 10.4 Å². The molecular weight excluding hydrogens is 312 g/mol. The highest BCUT2D eigenvalue weighted by atomic mass is 32.3. The van der Waals surface area contributed by atoms with Crippen LogP contribution in [0, 0.1) is 0 Å². The zero-order valence-corrected chi connectivity index (χ0v) is 13.9. The Labute approximate surface area is 137 Å². The smallest absolute Gasteiger partial charge is 0.272 e. The standard InChI is InChI=1S/C17H20N2O3S/c1-2-7-15-13-19(12-14-8-4-3-5-9-14)23(20,21)16-10-6-11-18-17(16)22-15/h3-6,8-11,15H,2,7,12-13H2,1H3. The Hall–Kier alpha value is -1.76. The van der Waals surface area contributed by atoms with Gasteiger partial charge < -0.3 is 9.29 Å². The fraction of sp³-hybridized carbons (Fsp3) is 0.353. The summed E-state index contributed by atoms with van der Waals surface area (Å²) < 4.78 is 33.3. The lowest BCUT2D eigenvalue weighted by Crippen LogP contribution is -2.40. The summed E-state index contributed by atoms with van der Waals surface area (Å²) in [5.41, 5.74) is 0.957. The summed E-state index contributed by atoms with van der Waals surface area (Å²) in [5, 5.41) is 0. The van der Waals surface area contributed by atoms with Gasteiger partial charge in [-0.1, -0.05) is 47.9 Å². The first kappa shape index (κ1) is 16.1. The van der Waals surface area contributed by atoms with Gasteiger partial charge in [-0.2, -0.15) is 0 Å². The summed E-state index contributed by atoms with van der Waals surface area (Å²) in [6.07, 6.45) is 3.09. The van der Waals surface area contributed by atoms with Crippen LogP contribution in [0.15, 0.2) is 53.6 Å². The molecule has 1 aromatic carbocycles. The number of fused-ring (bicyclic) bond motifs is 1. The maximum Gasteiger partial charge on any atom is 0.272 e. The number of benzene rings is 1. The van der Waals surface area contributed by atoms with E-state index >= 15 is 0 Å². The van der Waals surface area contributed by atoms with Crippen LogP contribution in [0.1, 0.15) is 25.3 Å². The Morgan fingerprint density at radius 1 is 1.30 bits per heavy atom. The first-order valence-corrected chi connectivity index (χ1v) is 9.21. The van der Waals surface area contributed by atoms with Crippen molar-refractivity contribution in [3.05, 3.63) is 54.2 Å². The molecule has 2 heterocycles. The van der Waals surface area contributed by atoms with Crippen LogP contribution in [0.2, 0.25) is 0 Å². The number of nitrogens with zero attached hydrogens (tertiary/aromatic N) is 2. The Kier molecular flexibility index (Phi) is 4.75. The summed E-state index contributed by atoms with van der Waals surface area (Å²) in [6.45, 7) is 2.73. The molecule has 0 bridgehead atoms. The number of ether oxygens (including phenoxy) is 1. The van der Waals surface area contributed by atoms with Crippen molar-refractivity contribution in [3.8, 4) is 5.88 Å². The van der Waals surface area contributed by atoms with Gasteiger partial charge in [-0.05, 0) is 18.1 Å².